The van der Waals surface area contributed by atoms with Crippen molar-refractivity contribution in [1.82, 2.24) is 9.21 Å². The molecule has 1 aliphatic heterocycles. The van der Waals surface area contributed by atoms with Gasteiger partial charge in [0, 0.05) is 39.3 Å². The number of sulfonamides is 1. The molecule has 0 aromatic heterocycles. The van der Waals surface area contributed by atoms with Gasteiger partial charge in [0.05, 0.1) is 23.1 Å². The van der Waals surface area contributed by atoms with Crippen LogP contribution in [0.2, 0.25) is 0 Å². The van der Waals surface area contributed by atoms with Gasteiger partial charge in [-0.15, -0.1) is 0 Å². The van der Waals surface area contributed by atoms with Crippen molar-refractivity contribution in [1.29, 1.82) is 5.26 Å². The summed E-state index contributed by atoms with van der Waals surface area (Å²) >= 11 is 0. The number of rotatable bonds is 6. The Bertz CT molecular complexity index is 632. The minimum absolute atomic E-state index is 0.189. The maximum atomic E-state index is 12.6. The van der Waals surface area contributed by atoms with E-state index >= 15 is 0 Å². The van der Waals surface area contributed by atoms with Gasteiger partial charge in [-0.1, -0.05) is 6.07 Å². The lowest BCUT2D eigenvalue weighted by molar-refractivity contribution is 0.0979. The summed E-state index contributed by atoms with van der Waals surface area (Å²) in [6, 6.07) is 8.14. The van der Waals surface area contributed by atoms with Crippen LogP contribution in [0.25, 0.3) is 0 Å². The Labute approximate surface area is 131 Å². The van der Waals surface area contributed by atoms with Crippen LogP contribution in [0.5, 0.6) is 0 Å². The molecule has 0 atom stereocenters. The van der Waals surface area contributed by atoms with Crippen molar-refractivity contribution in [2.45, 2.75) is 11.8 Å². The van der Waals surface area contributed by atoms with Crippen molar-refractivity contribution in [3.8, 4) is 6.07 Å². The standard InChI is InChI=1S/C15H21N3O3S/c1-2-21-11-10-17-6-8-18(9-7-17)22(19,20)15-5-3-4-14(12-15)13-16/h3-5,12H,2,6-11H2,1H3. The molecule has 1 fully saturated rings. The first-order chi connectivity index (χ1) is 10.6. The third-order valence-electron chi connectivity index (χ3n) is 3.69. The molecule has 1 aliphatic rings. The molecule has 0 N–H and O–H groups in total. The fraction of sp³-hybridized carbons (Fsp3) is 0.533. The molecule has 1 saturated heterocycles. The fourth-order valence-electron chi connectivity index (χ4n) is 2.41. The molecule has 120 valence electrons. The van der Waals surface area contributed by atoms with Crippen LogP contribution in [0, 0.1) is 11.3 Å². The highest BCUT2D eigenvalue weighted by molar-refractivity contribution is 7.89. The predicted octanol–water partition coefficient (Wildman–Crippen LogP) is 0.901. The quantitative estimate of drug-likeness (QED) is 0.727. The number of nitrogens with zero attached hydrogens (tertiary/aromatic N) is 3. The lowest BCUT2D eigenvalue weighted by Crippen LogP contribution is -2.49. The van der Waals surface area contributed by atoms with E-state index in [1.54, 1.807) is 12.1 Å². The topological polar surface area (TPSA) is 73.6 Å². The molecule has 0 bridgehead atoms. The first-order valence-electron chi connectivity index (χ1n) is 7.38. The molecule has 1 aromatic carbocycles. The van der Waals surface area contributed by atoms with Gasteiger partial charge in [0.15, 0.2) is 0 Å². The van der Waals surface area contributed by atoms with E-state index in [0.29, 0.717) is 45.0 Å². The second kappa shape index (κ2) is 7.70. The van der Waals surface area contributed by atoms with Crippen molar-refractivity contribution in [2.75, 3.05) is 45.9 Å². The molecule has 7 heteroatoms. The van der Waals surface area contributed by atoms with Crippen LogP contribution in [0.15, 0.2) is 29.2 Å². The summed E-state index contributed by atoms with van der Waals surface area (Å²) in [5, 5.41) is 8.90. The highest BCUT2D eigenvalue weighted by Crippen LogP contribution is 2.18. The number of piperazine rings is 1. The zero-order valence-corrected chi connectivity index (χ0v) is 13.6. The summed E-state index contributed by atoms with van der Waals surface area (Å²) in [6.07, 6.45) is 0. The van der Waals surface area contributed by atoms with Gasteiger partial charge in [0.2, 0.25) is 10.0 Å². The Morgan fingerprint density at radius 3 is 2.64 bits per heavy atom. The van der Waals surface area contributed by atoms with Gasteiger partial charge in [0.1, 0.15) is 0 Å². The summed E-state index contributed by atoms with van der Waals surface area (Å²) in [5.74, 6) is 0. The maximum Gasteiger partial charge on any atom is 0.243 e. The molecule has 0 aliphatic carbocycles. The lowest BCUT2D eigenvalue weighted by Gasteiger charge is -2.33. The Morgan fingerprint density at radius 2 is 2.00 bits per heavy atom. The molecular formula is C15H21N3O3S. The molecule has 6 nitrogen and oxygen atoms in total. The van der Waals surface area contributed by atoms with Crippen molar-refractivity contribution in [2.24, 2.45) is 0 Å². The Balaban J connectivity index is 1.99. The van der Waals surface area contributed by atoms with E-state index in [-0.39, 0.29) is 4.90 Å². The molecule has 0 unspecified atom stereocenters. The molecule has 0 radical (unpaired) electrons. The van der Waals surface area contributed by atoms with Crippen LogP contribution >= 0.6 is 0 Å². The Hall–Kier alpha value is -1.46. The number of ether oxygens (including phenoxy) is 1. The predicted molar refractivity (Wildman–Crippen MR) is 82.8 cm³/mol. The lowest BCUT2D eigenvalue weighted by atomic mass is 10.2. The third kappa shape index (κ3) is 4.05. The minimum atomic E-state index is -3.52. The van der Waals surface area contributed by atoms with Gasteiger partial charge in [-0.2, -0.15) is 9.57 Å². The largest absolute Gasteiger partial charge is 0.380 e. The minimum Gasteiger partial charge on any atom is -0.380 e. The smallest absolute Gasteiger partial charge is 0.243 e. The summed E-state index contributed by atoms with van der Waals surface area (Å²) in [5.41, 5.74) is 0.358. The van der Waals surface area contributed by atoms with Gasteiger partial charge in [0.25, 0.3) is 0 Å². The average Bonchev–Trinajstić information content (AvgIpc) is 2.55. The van der Waals surface area contributed by atoms with Gasteiger partial charge in [-0.05, 0) is 25.1 Å². The molecule has 0 spiro atoms. The van der Waals surface area contributed by atoms with E-state index in [4.69, 9.17) is 10.00 Å². The number of nitriles is 1. The van der Waals surface area contributed by atoms with E-state index < -0.39 is 10.0 Å². The first-order valence-corrected chi connectivity index (χ1v) is 8.82. The Kier molecular flexibility index (Phi) is 5.91. The van der Waals surface area contributed by atoms with Gasteiger partial charge in [-0.3, -0.25) is 4.90 Å². The van der Waals surface area contributed by atoms with Crippen LogP contribution in [0.4, 0.5) is 0 Å². The third-order valence-corrected chi connectivity index (χ3v) is 5.58. The number of hydrogen-bond acceptors (Lipinski definition) is 5. The molecule has 1 heterocycles. The number of hydrogen-bond donors (Lipinski definition) is 0. The van der Waals surface area contributed by atoms with E-state index in [0.717, 1.165) is 6.54 Å². The fourth-order valence-corrected chi connectivity index (χ4v) is 3.88. The van der Waals surface area contributed by atoms with Crippen LogP contribution in [0.1, 0.15) is 12.5 Å². The summed E-state index contributed by atoms with van der Waals surface area (Å²) in [7, 11) is -3.52. The Morgan fingerprint density at radius 1 is 1.27 bits per heavy atom. The molecule has 0 amide bonds. The van der Waals surface area contributed by atoms with E-state index in [1.165, 1.54) is 16.4 Å². The highest BCUT2D eigenvalue weighted by atomic mass is 32.2. The summed E-state index contributed by atoms with van der Waals surface area (Å²) < 4.78 is 32.0. The monoisotopic (exact) mass is 323 g/mol. The van der Waals surface area contributed by atoms with Crippen LogP contribution in [-0.2, 0) is 14.8 Å². The highest BCUT2D eigenvalue weighted by Gasteiger charge is 2.28. The molecule has 22 heavy (non-hydrogen) atoms. The number of benzene rings is 1. The average molecular weight is 323 g/mol. The molecular weight excluding hydrogens is 302 g/mol. The second-order valence-electron chi connectivity index (χ2n) is 5.08. The van der Waals surface area contributed by atoms with Crippen molar-refractivity contribution < 1.29 is 13.2 Å². The van der Waals surface area contributed by atoms with Gasteiger partial charge >= 0.3 is 0 Å². The van der Waals surface area contributed by atoms with Gasteiger partial charge in [-0.25, -0.2) is 8.42 Å². The SMILES string of the molecule is CCOCCN1CCN(S(=O)(=O)c2cccc(C#N)c2)CC1. The summed E-state index contributed by atoms with van der Waals surface area (Å²) in [4.78, 5) is 2.39. The van der Waals surface area contributed by atoms with Crippen molar-refractivity contribution in [3.05, 3.63) is 29.8 Å². The zero-order chi connectivity index (χ0) is 16.0. The molecule has 2 rings (SSSR count). The van der Waals surface area contributed by atoms with Crippen LogP contribution in [-0.4, -0.2) is 63.6 Å². The van der Waals surface area contributed by atoms with E-state index in [2.05, 4.69) is 4.90 Å². The van der Waals surface area contributed by atoms with Crippen LogP contribution < -0.4 is 0 Å². The van der Waals surface area contributed by atoms with E-state index in [9.17, 15) is 8.42 Å². The maximum absolute atomic E-state index is 12.6. The second-order valence-corrected chi connectivity index (χ2v) is 7.02. The van der Waals surface area contributed by atoms with Crippen LogP contribution in [0.3, 0.4) is 0 Å². The molecule has 0 saturated carbocycles. The van der Waals surface area contributed by atoms with Gasteiger partial charge < -0.3 is 4.74 Å². The van der Waals surface area contributed by atoms with Crippen molar-refractivity contribution in [3.63, 3.8) is 0 Å². The summed E-state index contributed by atoms with van der Waals surface area (Å²) in [6.45, 7) is 6.48. The van der Waals surface area contributed by atoms with E-state index in [1.807, 2.05) is 13.0 Å². The zero-order valence-electron chi connectivity index (χ0n) is 12.7. The first kappa shape index (κ1) is 16.9. The molecule has 1 aromatic rings. The van der Waals surface area contributed by atoms with Crippen molar-refractivity contribution >= 4 is 10.0 Å². The normalized spacial score (nSPS) is 17.3.